The van der Waals surface area contributed by atoms with Crippen LogP contribution >= 0.6 is 15.9 Å². The van der Waals surface area contributed by atoms with Gasteiger partial charge in [-0.3, -0.25) is 11.3 Å². The number of rotatable bonds is 4. The maximum Gasteiger partial charge on any atom is 0.123 e. The Labute approximate surface area is 116 Å². The van der Waals surface area contributed by atoms with E-state index in [0.29, 0.717) is 0 Å². The molecule has 3 N–H and O–H groups in total. The van der Waals surface area contributed by atoms with Crippen LogP contribution in [0.3, 0.4) is 0 Å². The van der Waals surface area contributed by atoms with E-state index in [2.05, 4.69) is 28.3 Å². The minimum Gasteiger partial charge on any atom is -0.271 e. The van der Waals surface area contributed by atoms with Crippen LogP contribution in [0.25, 0.3) is 0 Å². The molecule has 0 bridgehead atoms. The first-order valence-electron chi connectivity index (χ1n) is 6.45. The molecule has 0 spiro atoms. The Morgan fingerprint density at radius 2 is 2.11 bits per heavy atom. The summed E-state index contributed by atoms with van der Waals surface area (Å²) in [6, 6.07) is 5.01. The number of nitrogens with two attached hydrogens (primary N) is 1. The third kappa shape index (κ3) is 2.92. The average Bonchev–Trinajstić information content (AvgIpc) is 2.78. The van der Waals surface area contributed by atoms with Crippen molar-refractivity contribution in [1.29, 1.82) is 0 Å². The highest BCUT2D eigenvalue weighted by Gasteiger charge is 2.36. The molecule has 1 fully saturated rings. The van der Waals surface area contributed by atoms with Gasteiger partial charge in [-0.05, 0) is 48.4 Å². The molecule has 1 aromatic carbocycles. The molecule has 2 nitrogen and oxygen atoms in total. The van der Waals surface area contributed by atoms with Crippen LogP contribution in [0.15, 0.2) is 22.7 Å². The zero-order valence-electron chi connectivity index (χ0n) is 10.7. The maximum atomic E-state index is 13.3. The fourth-order valence-electron chi connectivity index (χ4n) is 2.96. The monoisotopic (exact) mass is 314 g/mol. The second kappa shape index (κ2) is 5.68. The van der Waals surface area contributed by atoms with Crippen LogP contribution in [-0.4, -0.2) is 6.04 Å². The van der Waals surface area contributed by atoms with Crippen molar-refractivity contribution < 1.29 is 4.39 Å². The molecule has 1 aromatic rings. The molecule has 1 atom stereocenters. The highest BCUT2D eigenvalue weighted by Crippen LogP contribution is 2.41. The van der Waals surface area contributed by atoms with Crippen molar-refractivity contribution >= 4 is 15.9 Å². The minimum absolute atomic E-state index is 0.193. The quantitative estimate of drug-likeness (QED) is 0.659. The summed E-state index contributed by atoms with van der Waals surface area (Å²) >= 11 is 3.48. The lowest BCUT2D eigenvalue weighted by Crippen LogP contribution is -2.47. The lowest BCUT2D eigenvalue weighted by atomic mass is 9.78. The second-order valence-electron chi connectivity index (χ2n) is 5.52. The van der Waals surface area contributed by atoms with Crippen LogP contribution in [0.5, 0.6) is 0 Å². The summed E-state index contributed by atoms with van der Waals surface area (Å²) in [5.41, 5.74) is 4.14. The summed E-state index contributed by atoms with van der Waals surface area (Å²) in [4.78, 5) is 0. The van der Waals surface area contributed by atoms with Gasteiger partial charge in [0.25, 0.3) is 0 Å². The van der Waals surface area contributed by atoms with E-state index in [-0.39, 0.29) is 17.3 Å². The van der Waals surface area contributed by atoms with E-state index >= 15 is 0 Å². The van der Waals surface area contributed by atoms with Gasteiger partial charge in [-0.15, -0.1) is 0 Å². The molecule has 1 aliphatic rings. The fraction of sp³-hybridized carbons (Fsp3) is 0.571. The third-order valence-electron chi connectivity index (χ3n) is 4.22. The zero-order valence-corrected chi connectivity index (χ0v) is 12.3. The van der Waals surface area contributed by atoms with E-state index in [9.17, 15) is 4.39 Å². The van der Waals surface area contributed by atoms with E-state index in [1.807, 2.05) is 0 Å². The smallest absolute Gasteiger partial charge is 0.123 e. The lowest BCUT2D eigenvalue weighted by Gasteiger charge is -2.34. The third-order valence-corrected chi connectivity index (χ3v) is 4.99. The highest BCUT2D eigenvalue weighted by atomic mass is 79.9. The van der Waals surface area contributed by atoms with Crippen molar-refractivity contribution in [2.24, 2.45) is 11.3 Å². The molecular formula is C14H20BrFN2. The van der Waals surface area contributed by atoms with E-state index < -0.39 is 0 Å². The Hall–Kier alpha value is -0.450. The van der Waals surface area contributed by atoms with Crippen molar-refractivity contribution in [2.75, 3.05) is 0 Å². The second-order valence-corrected chi connectivity index (χ2v) is 6.37. The molecule has 0 aromatic heterocycles. The summed E-state index contributed by atoms with van der Waals surface area (Å²) in [6.07, 6.45) is 5.66. The van der Waals surface area contributed by atoms with Crippen molar-refractivity contribution in [3.63, 3.8) is 0 Å². The molecule has 1 saturated carbocycles. The predicted molar refractivity (Wildman–Crippen MR) is 75.5 cm³/mol. The standard InChI is InChI=1S/C14H20BrFN2/c1-14(6-2-3-7-14)13(18-17)9-10-8-11(16)4-5-12(10)15/h4-5,8,13,18H,2-3,6-7,9,17H2,1H3. The largest absolute Gasteiger partial charge is 0.271 e. The van der Waals surface area contributed by atoms with E-state index in [1.54, 1.807) is 12.1 Å². The molecule has 0 heterocycles. The zero-order chi connectivity index (χ0) is 13.2. The predicted octanol–water partition coefficient (Wildman–Crippen LogP) is 3.54. The molecule has 1 unspecified atom stereocenters. The summed E-state index contributed by atoms with van der Waals surface area (Å²) in [7, 11) is 0. The van der Waals surface area contributed by atoms with Crippen LogP contribution in [-0.2, 0) is 6.42 Å². The normalized spacial score (nSPS) is 20.0. The average molecular weight is 315 g/mol. The Kier molecular flexibility index (Phi) is 4.41. The van der Waals surface area contributed by atoms with Crippen molar-refractivity contribution in [3.05, 3.63) is 34.1 Å². The van der Waals surface area contributed by atoms with E-state index in [4.69, 9.17) is 5.84 Å². The lowest BCUT2D eigenvalue weighted by molar-refractivity contribution is 0.220. The van der Waals surface area contributed by atoms with Gasteiger partial charge in [0.1, 0.15) is 5.82 Å². The van der Waals surface area contributed by atoms with Crippen LogP contribution in [0.1, 0.15) is 38.2 Å². The van der Waals surface area contributed by atoms with Gasteiger partial charge in [-0.1, -0.05) is 35.7 Å². The number of nitrogens with one attached hydrogen (secondary N) is 1. The van der Waals surface area contributed by atoms with Crippen molar-refractivity contribution in [3.8, 4) is 0 Å². The Morgan fingerprint density at radius 3 is 2.72 bits per heavy atom. The number of hydrogen-bond donors (Lipinski definition) is 2. The Bertz CT molecular complexity index is 416. The first-order chi connectivity index (χ1) is 8.55. The number of hydrogen-bond acceptors (Lipinski definition) is 2. The summed E-state index contributed by atoms with van der Waals surface area (Å²) in [5.74, 6) is 5.52. The summed E-state index contributed by atoms with van der Waals surface area (Å²) < 4.78 is 14.3. The number of halogens is 2. The van der Waals surface area contributed by atoms with Gasteiger partial charge in [0.2, 0.25) is 0 Å². The first-order valence-corrected chi connectivity index (χ1v) is 7.24. The minimum atomic E-state index is -0.194. The van der Waals surface area contributed by atoms with Gasteiger partial charge < -0.3 is 0 Å². The molecule has 0 radical (unpaired) electrons. The molecule has 100 valence electrons. The van der Waals surface area contributed by atoms with Crippen LogP contribution in [0.4, 0.5) is 4.39 Å². The Morgan fingerprint density at radius 1 is 1.44 bits per heavy atom. The van der Waals surface area contributed by atoms with Gasteiger partial charge in [0.05, 0.1) is 0 Å². The van der Waals surface area contributed by atoms with Gasteiger partial charge in [-0.2, -0.15) is 0 Å². The Balaban J connectivity index is 2.17. The number of benzene rings is 1. The van der Waals surface area contributed by atoms with Crippen LogP contribution in [0, 0.1) is 11.2 Å². The highest BCUT2D eigenvalue weighted by molar-refractivity contribution is 9.10. The molecule has 18 heavy (non-hydrogen) atoms. The molecule has 0 saturated heterocycles. The molecule has 0 aliphatic heterocycles. The SMILES string of the molecule is CC1(C(Cc2cc(F)ccc2Br)NN)CCCC1. The van der Waals surface area contributed by atoms with Gasteiger partial charge >= 0.3 is 0 Å². The fourth-order valence-corrected chi connectivity index (χ4v) is 3.37. The topological polar surface area (TPSA) is 38.0 Å². The van der Waals surface area contributed by atoms with Crippen molar-refractivity contribution in [1.82, 2.24) is 5.43 Å². The van der Waals surface area contributed by atoms with E-state index in [1.165, 1.54) is 31.7 Å². The van der Waals surface area contributed by atoms with Gasteiger partial charge in [0, 0.05) is 10.5 Å². The molecule has 4 heteroatoms. The summed E-state index contributed by atoms with van der Waals surface area (Å²) in [5, 5.41) is 0. The van der Waals surface area contributed by atoms with Crippen molar-refractivity contribution in [2.45, 2.75) is 45.1 Å². The van der Waals surface area contributed by atoms with E-state index in [0.717, 1.165) is 16.5 Å². The molecule has 2 rings (SSSR count). The number of hydrazine groups is 1. The molecular weight excluding hydrogens is 295 g/mol. The van der Waals surface area contributed by atoms with Crippen LogP contribution in [0.2, 0.25) is 0 Å². The molecule has 0 amide bonds. The maximum absolute atomic E-state index is 13.3. The van der Waals surface area contributed by atoms with Gasteiger partial charge in [0.15, 0.2) is 0 Å². The van der Waals surface area contributed by atoms with Gasteiger partial charge in [-0.25, -0.2) is 4.39 Å². The summed E-state index contributed by atoms with van der Waals surface area (Å²) in [6.45, 7) is 2.28. The first kappa shape index (κ1) is 14.0. The molecule has 1 aliphatic carbocycles. The van der Waals surface area contributed by atoms with Crippen LogP contribution < -0.4 is 11.3 Å².